The number of fused-ring (bicyclic) bond motifs is 6. The summed E-state index contributed by atoms with van der Waals surface area (Å²) in [4.78, 5) is 0. The zero-order valence-corrected chi connectivity index (χ0v) is 28.7. The number of hydrogen-bond acceptors (Lipinski definition) is 0. The maximum atomic E-state index is 2.56. The highest BCUT2D eigenvalue weighted by molar-refractivity contribution is 6.29. The number of aryl methyl sites for hydroxylation is 2. The molecular formula is C47H42. The van der Waals surface area contributed by atoms with Crippen LogP contribution < -0.4 is 0 Å². The van der Waals surface area contributed by atoms with Crippen LogP contribution in [0.4, 0.5) is 0 Å². The highest BCUT2D eigenvalue weighted by Crippen LogP contribution is 2.58. The van der Waals surface area contributed by atoms with E-state index < -0.39 is 0 Å². The molecule has 0 nitrogen and oxygen atoms in total. The molecule has 0 heteroatoms. The second-order valence-electron chi connectivity index (χ2n) is 16.2. The van der Waals surface area contributed by atoms with Crippen LogP contribution in [-0.2, 0) is 10.8 Å². The van der Waals surface area contributed by atoms with Crippen LogP contribution in [0.15, 0.2) is 84.9 Å². The van der Waals surface area contributed by atoms with E-state index in [0.29, 0.717) is 5.92 Å². The van der Waals surface area contributed by atoms with Crippen LogP contribution in [0.5, 0.6) is 0 Å². The van der Waals surface area contributed by atoms with Gasteiger partial charge >= 0.3 is 0 Å². The summed E-state index contributed by atoms with van der Waals surface area (Å²) < 4.78 is 0. The molecule has 2 atom stereocenters. The lowest BCUT2D eigenvalue weighted by Gasteiger charge is -2.37. The van der Waals surface area contributed by atoms with Gasteiger partial charge in [0.1, 0.15) is 0 Å². The van der Waals surface area contributed by atoms with Crippen LogP contribution in [-0.4, -0.2) is 0 Å². The molecule has 7 aromatic carbocycles. The molecule has 0 spiro atoms. The van der Waals surface area contributed by atoms with Gasteiger partial charge in [-0.2, -0.15) is 0 Å². The van der Waals surface area contributed by atoms with Gasteiger partial charge in [0.15, 0.2) is 0 Å². The minimum atomic E-state index is -0.0997. The number of hydrogen-bond donors (Lipinski definition) is 0. The van der Waals surface area contributed by atoms with Gasteiger partial charge < -0.3 is 0 Å². The number of allylic oxidation sites excluding steroid dienone is 1. The first-order valence-corrected chi connectivity index (χ1v) is 17.7. The van der Waals surface area contributed by atoms with E-state index in [2.05, 4.69) is 139 Å². The molecule has 0 amide bonds. The van der Waals surface area contributed by atoms with Crippen LogP contribution >= 0.6 is 0 Å². The summed E-state index contributed by atoms with van der Waals surface area (Å²) in [6.45, 7) is 16.7. The van der Waals surface area contributed by atoms with E-state index in [4.69, 9.17) is 0 Å². The predicted molar refractivity (Wildman–Crippen MR) is 203 cm³/mol. The van der Waals surface area contributed by atoms with Crippen molar-refractivity contribution in [3.63, 3.8) is 0 Å². The quantitative estimate of drug-likeness (QED) is 0.176. The van der Waals surface area contributed by atoms with Gasteiger partial charge in [0, 0.05) is 5.41 Å². The van der Waals surface area contributed by atoms with Gasteiger partial charge in [0.05, 0.1) is 0 Å². The van der Waals surface area contributed by atoms with E-state index in [1.807, 2.05) is 0 Å². The summed E-state index contributed by atoms with van der Waals surface area (Å²) in [5, 5.41) is 11.2. The van der Waals surface area contributed by atoms with Gasteiger partial charge in [-0.15, -0.1) is 0 Å². The summed E-state index contributed by atoms with van der Waals surface area (Å²) in [5.74, 6) is 1.43. The molecule has 1 fully saturated rings. The van der Waals surface area contributed by atoms with Crippen molar-refractivity contribution in [2.24, 2.45) is 5.92 Å². The molecule has 0 heterocycles. The average Bonchev–Trinajstić information content (AvgIpc) is 3.87. The summed E-state index contributed by atoms with van der Waals surface area (Å²) in [6, 6.07) is 31.4. The van der Waals surface area contributed by atoms with Crippen LogP contribution in [0.1, 0.15) is 92.3 Å². The van der Waals surface area contributed by atoms with Crippen molar-refractivity contribution >= 4 is 49.2 Å². The lowest BCUT2D eigenvalue weighted by Crippen LogP contribution is -2.24. The normalized spacial score (nSPS) is 19.0. The molecule has 0 N–H and O–H groups in total. The Hall–Kier alpha value is -4.42. The maximum absolute atomic E-state index is 2.56. The Kier molecular flexibility index (Phi) is 5.26. The van der Waals surface area contributed by atoms with Crippen molar-refractivity contribution in [3.8, 4) is 22.3 Å². The summed E-state index contributed by atoms with van der Waals surface area (Å²) in [6.07, 6.45) is 7.35. The highest BCUT2D eigenvalue weighted by atomic mass is 14.5. The van der Waals surface area contributed by atoms with Crippen molar-refractivity contribution in [3.05, 3.63) is 124 Å². The molecule has 47 heavy (non-hydrogen) atoms. The van der Waals surface area contributed by atoms with Crippen LogP contribution in [0.2, 0.25) is 0 Å². The van der Waals surface area contributed by atoms with E-state index in [9.17, 15) is 0 Å². The molecule has 0 aromatic heterocycles. The summed E-state index contributed by atoms with van der Waals surface area (Å²) in [5.41, 5.74) is 15.8. The monoisotopic (exact) mass is 606 g/mol. The van der Waals surface area contributed by atoms with E-state index in [1.54, 1.807) is 5.56 Å². The topological polar surface area (TPSA) is 0 Å². The van der Waals surface area contributed by atoms with Crippen molar-refractivity contribution in [1.82, 2.24) is 0 Å². The Morgan fingerprint density at radius 1 is 0.702 bits per heavy atom. The molecule has 2 unspecified atom stereocenters. The fraction of sp³-hybridized carbons (Fsp3) is 0.277. The van der Waals surface area contributed by atoms with Crippen molar-refractivity contribution < 1.29 is 0 Å². The second-order valence-corrected chi connectivity index (χ2v) is 16.2. The fourth-order valence-electron chi connectivity index (χ4n) is 9.79. The number of benzene rings is 7. The molecule has 230 valence electrons. The predicted octanol–water partition coefficient (Wildman–Crippen LogP) is 13.1. The van der Waals surface area contributed by atoms with E-state index in [-0.39, 0.29) is 10.8 Å². The SMILES string of the molecule is CCC(C)(C)c1cc2ccc3c4c(cc5ccc(c1-c1ccc(C)c6c1C=CC1CC61)c2c53)C(C)(C)c1cccc2c(C)ccc-4c12. The molecule has 0 saturated heterocycles. The van der Waals surface area contributed by atoms with Gasteiger partial charge in [0.2, 0.25) is 0 Å². The largest absolute Gasteiger partial charge is 0.0802 e. The zero-order chi connectivity index (χ0) is 32.1. The Morgan fingerprint density at radius 2 is 1.40 bits per heavy atom. The van der Waals surface area contributed by atoms with Crippen molar-refractivity contribution in [2.75, 3.05) is 0 Å². The molecular weight excluding hydrogens is 565 g/mol. The Bertz CT molecular complexity index is 2550. The molecule has 7 aromatic rings. The van der Waals surface area contributed by atoms with Gasteiger partial charge in [-0.3, -0.25) is 0 Å². The molecule has 3 aliphatic rings. The third-order valence-electron chi connectivity index (χ3n) is 12.9. The van der Waals surface area contributed by atoms with Crippen LogP contribution in [0.3, 0.4) is 0 Å². The lowest BCUT2D eigenvalue weighted by atomic mass is 9.66. The zero-order valence-electron chi connectivity index (χ0n) is 28.7. The molecule has 0 bridgehead atoms. The van der Waals surface area contributed by atoms with Gasteiger partial charge in [-0.25, -0.2) is 0 Å². The Balaban J connectivity index is 1.37. The minimum absolute atomic E-state index is 0.0401. The Morgan fingerprint density at radius 3 is 2.17 bits per heavy atom. The van der Waals surface area contributed by atoms with E-state index >= 15 is 0 Å². The second kappa shape index (κ2) is 8.93. The first-order valence-electron chi connectivity index (χ1n) is 17.7. The average molecular weight is 607 g/mol. The maximum Gasteiger partial charge on any atom is 0.0159 e. The molecule has 3 aliphatic carbocycles. The third kappa shape index (κ3) is 3.44. The van der Waals surface area contributed by atoms with Crippen LogP contribution in [0.25, 0.3) is 71.4 Å². The van der Waals surface area contributed by atoms with Gasteiger partial charge in [0.25, 0.3) is 0 Å². The first-order chi connectivity index (χ1) is 22.6. The van der Waals surface area contributed by atoms with E-state index in [1.165, 1.54) is 105 Å². The smallest absolute Gasteiger partial charge is 0.0159 e. The number of rotatable bonds is 3. The molecule has 10 rings (SSSR count). The highest BCUT2D eigenvalue weighted by Gasteiger charge is 2.42. The standard InChI is InChI=1S/C47H42/c1-8-46(4,5)38-23-28-15-21-34-42-29(24-39-45(34)35-18-12-25(2)30-10-9-11-37(43(30)35)47(39,6)7)16-20-33(41(28)42)44(38)32-17-13-26(3)40-31(32)19-14-27-22-36(27)40/h9-21,23-24,27,36H,8,22H2,1-7H3. The first kappa shape index (κ1) is 27.7. The Labute approximate surface area is 278 Å². The molecule has 0 radical (unpaired) electrons. The van der Waals surface area contributed by atoms with Crippen molar-refractivity contribution in [1.29, 1.82) is 0 Å². The van der Waals surface area contributed by atoms with Crippen molar-refractivity contribution in [2.45, 2.75) is 78.1 Å². The molecule has 1 saturated carbocycles. The summed E-state index contributed by atoms with van der Waals surface area (Å²) >= 11 is 0. The van der Waals surface area contributed by atoms with Gasteiger partial charge in [-0.1, -0.05) is 114 Å². The lowest BCUT2D eigenvalue weighted by molar-refractivity contribution is 0.508. The molecule has 0 aliphatic heterocycles. The van der Waals surface area contributed by atoms with Gasteiger partial charge in [-0.05, 0) is 160 Å². The third-order valence-corrected chi connectivity index (χ3v) is 12.9. The fourth-order valence-corrected chi connectivity index (χ4v) is 9.79. The van der Waals surface area contributed by atoms with E-state index in [0.717, 1.165) is 12.3 Å². The summed E-state index contributed by atoms with van der Waals surface area (Å²) in [7, 11) is 0. The van der Waals surface area contributed by atoms with Crippen LogP contribution in [0, 0.1) is 19.8 Å². The minimum Gasteiger partial charge on any atom is -0.0802 e.